The van der Waals surface area contributed by atoms with Crippen LogP contribution in [-0.4, -0.2) is 25.3 Å². The number of rotatable bonds is 6. The molecule has 0 bridgehead atoms. The maximum atomic E-state index is 13.5. The average molecular weight is 445 g/mol. The Morgan fingerprint density at radius 1 is 1.06 bits per heavy atom. The number of H-pyrrole nitrogens is 1. The first-order valence-corrected chi connectivity index (χ1v) is 10.9. The molecule has 1 amide bonds. The Labute approximate surface area is 191 Å². The summed E-state index contributed by atoms with van der Waals surface area (Å²) in [6.07, 6.45) is 4.45. The average Bonchev–Trinajstić information content (AvgIpc) is 2.82. The molecule has 7 heteroatoms. The Morgan fingerprint density at radius 3 is 2.47 bits per heavy atom. The minimum absolute atomic E-state index is 0.129. The lowest BCUT2D eigenvalue weighted by Gasteiger charge is -2.23. The third-order valence-electron chi connectivity index (χ3n) is 5.54. The second kappa shape index (κ2) is 9.28. The number of pyridine rings is 1. The maximum absolute atomic E-state index is 13.5. The first-order valence-electron chi connectivity index (χ1n) is 10.5. The Hall–Kier alpha value is -3.58. The molecule has 6 nitrogen and oxygen atoms in total. The van der Waals surface area contributed by atoms with Gasteiger partial charge in [-0.3, -0.25) is 19.1 Å². The zero-order valence-corrected chi connectivity index (χ0v) is 18.9. The third kappa shape index (κ3) is 4.53. The number of hydrogen-bond acceptors (Lipinski definition) is 4. The number of carbonyl (C=O) groups excluding carboxylic acids is 1. The standard InChI is InChI=1S/C25H24N4O2S/c1-3-17-6-8-18(9-7-17)15-29(16-19-5-4-12-26-14-19)23(30)20-10-11-21-22(13-20)27-25(32)28(2)24(21)31/h4-14H,3,15-16H2,1-2H3,(H,27,32). The molecule has 2 aromatic carbocycles. The SMILES string of the molecule is CCc1ccc(CN(Cc2cccnc2)C(=O)c2ccc3c(=O)n(C)c(=S)[nH]c3c2)cc1. The van der Waals surface area contributed by atoms with Gasteiger partial charge in [0.2, 0.25) is 0 Å². The van der Waals surface area contributed by atoms with Crippen LogP contribution in [0.5, 0.6) is 0 Å². The van der Waals surface area contributed by atoms with Crippen molar-refractivity contribution in [2.45, 2.75) is 26.4 Å². The highest BCUT2D eigenvalue weighted by atomic mass is 32.1. The van der Waals surface area contributed by atoms with Crippen molar-refractivity contribution in [1.82, 2.24) is 19.4 Å². The number of nitrogens with one attached hydrogen (secondary N) is 1. The fraction of sp³-hybridized carbons (Fsp3) is 0.200. The summed E-state index contributed by atoms with van der Waals surface area (Å²) >= 11 is 5.23. The van der Waals surface area contributed by atoms with Crippen molar-refractivity contribution in [1.29, 1.82) is 0 Å². The number of carbonyl (C=O) groups is 1. The molecule has 0 aliphatic carbocycles. The summed E-state index contributed by atoms with van der Waals surface area (Å²) in [6, 6.07) is 17.2. The summed E-state index contributed by atoms with van der Waals surface area (Å²) in [4.78, 5) is 35.0. The lowest BCUT2D eigenvalue weighted by atomic mass is 10.1. The van der Waals surface area contributed by atoms with E-state index in [2.05, 4.69) is 41.2 Å². The molecule has 0 saturated carbocycles. The highest BCUT2D eigenvalue weighted by Gasteiger charge is 2.18. The highest BCUT2D eigenvalue weighted by molar-refractivity contribution is 7.71. The molecule has 0 saturated heterocycles. The molecule has 32 heavy (non-hydrogen) atoms. The number of amides is 1. The second-order valence-corrected chi connectivity index (χ2v) is 8.13. The van der Waals surface area contributed by atoms with Crippen LogP contribution in [0.25, 0.3) is 10.9 Å². The van der Waals surface area contributed by atoms with E-state index in [-0.39, 0.29) is 11.5 Å². The van der Waals surface area contributed by atoms with Gasteiger partial charge in [0.25, 0.3) is 11.5 Å². The van der Waals surface area contributed by atoms with Crippen molar-refractivity contribution in [2.24, 2.45) is 7.05 Å². The molecule has 162 valence electrons. The Balaban J connectivity index is 1.70. The van der Waals surface area contributed by atoms with Crippen LogP contribution in [0, 0.1) is 4.77 Å². The van der Waals surface area contributed by atoms with Crippen LogP contribution in [0.1, 0.15) is 34.0 Å². The zero-order chi connectivity index (χ0) is 22.7. The number of aromatic nitrogens is 3. The quantitative estimate of drug-likeness (QED) is 0.448. The molecule has 4 rings (SSSR count). The van der Waals surface area contributed by atoms with Gasteiger partial charge in [-0.2, -0.15) is 0 Å². The number of nitrogens with zero attached hydrogens (tertiary/aromatic N) is 3. The summed E-state index contributed by atoms with van der Waals surface area (Å²) in [5, 5.41) is 0.492. The van der Waals surface area contributed by atoms with Gasteiger partial charge in [-0.1, -0.05) is 37.3 Å². The Morgan fingerprint density at radius 2 is 1.78 bits per heavy atom. The van der Waals surface area contributed by atoms with E-state index in [9.17, 15) is 9.59 Å². The van der Waals surface area contributed by atoms with E-state index in [4.69, 9.17) is 12.2 Å². The fourth-order valence-electron chi connectivity index (χ4n) is 3.63. The van der Waals surface area contributed by atoms with Crippen molar-refractivity contribution < 1.29 is 4.79 Å². The molecule has 0 atom stereocenters. The van der Waals surface area contributed by atoms with Gasteiger partial charge in [0.15, 0.2) is 4.77 Å². The summed E-state index contributed by atoms with van der Waals surface area (Å²) in [5.74, 6) is -0.129. The molecule has 0 spiro atoms. The molecule has 2 aromatic heterocycles. The summed E-state index contributed by atoms with van der Waals surface area (Å²) < 4.78 is 1.70. The van der Waals surface area contributed by atoms with Crippen LogP contribution in [0.2, 0.25) is 0 Å². The van der Waals surface area contributed by atoms with Gasteiger partial charge in [0.1, 0.15) is 0 Å². The van der Waals surface area contributed by atoms with E-state index in [0.717, 1.165) is 17.5 Å². The van der Waals surface area contributed by atoms with Gasteiger partial charge < -0.3 is 9.88 Å². The van der Waals surface area contributed by atoms with Crippen molar-refractivity contribution in [3.05, 3.63) is 104 Å². The Bertz CT molecular complexity index is 1380. The summed E-state index contributed by atoms with van der Waals surface area (Å²) in [5.41, 5.74) is 4.10. The van der Waals surface area contributed by atoms with E-state index in [1.54, 1.807) is 42.5 Å². The smallest absolute Gasteiger partial charge is 0.261 e. The maximum Gasteiger partial charge on any atom is 0.261 e. The first kappa shape index (κ1) is 21.6. The third-order valence-corrected chi connectivity index (χ3v) is 5.91. The van der Waals surface area contributed by atoms with Gasteiger partial charge in [-0.15, -0.1) is 0 Å². The summed E-state index contributed by atoms with van der Waals surface area (Å²) in [7, 11) is 1.62. The van der Waals surface area contributed by atoms with Crippen LogP contribution >= 0.6 is 12.2 Å². The van der Waals surface area contributed by atoms with Crippen molar-refractivity contribution >= 4 is 29.0 Å². The van der Waals surface area contributed by atoms with E-state index >= 15 is 0 Å². The molecular weight excluding hydrogens is 420 g/mol. The zero-order valence-electron chi connectivity index (χ0n) is 18.0. The predicted molar refractivity (Wildman–Crippen MR) is 128 cm³/mol. The highest BCUT2D eigenvalue weighted by Crippen LogP contribution is 2.17. The van der Waals surface area contributed by atoms with Crippen LogP contribution in [0.3, 0.4) is 0 Å². The van der Waals surface area contributed by atoms with Gasteiger partial charge >= 0.3 is 0 Å². The fourth-order valence-corrected chi connectivity index (χ4v) is 3.83. The van der Waals surface area contributed by atoms with Crippen molar-refractivity contribution in [2.75, 3.05) is 0 Å². The lowest BCUT2D eigenvalue weighted by molar-refractivity contribution is 0.0730. The van der Waals surface area contributed by atoms with Crippen LogP contribution in [0.15, 0.2) is 71.8 Å². The van der Waals surface area contributed by atoms with Crippen LogP contribution < -0.4 is 5.56 Å². The molecule has 0 unspecified atom stereocenters. The largest absolute Gasteiger partial charge is 0.332 e. The van der Waals surface area contributed by atoms with Gasteiger partial charge in [0, 0.05) is 38.1 Å². The lowest BCUT2D eigenvalue weighted by Crippen LogP contribution is -2.30. The molecule has 1 N–H and O–H groups in total. The van der Waals surface area contributed by atoms with Crippen LogP contribution in [-0.2, 0) is 26.6 Å². The monoisotopic (exact) mass is 444 g/mol. The van der Waals surface area contributed by atoms with Crippen molar-refractivity contribution in [3.63, 3.8) is 0 Å². The molecule has 0 fully saturated rings. The van der Waals surface area contributed by atoms with Crippen molar-refractivity contribution in [3.8, 4) is 0 Å². The minimum atomic E-state index is -0.189. The molecule has 4 aromatic rings. The molecule has 0 radical (unpaired) electrons. The van der Waals surface area contributed by atoms with Crippen LogP contribution in [0.4, 0.5) is 0 Å². The first-order chi connectivity index (χ1) is 15.5. The molecule has 0 aliphatic heterocycles. The minimum Gasteiger partial charge on any atom is -0.332 e. The number of fused-ring (bicyclic) bond motifs is 1. The van der Waals surface area contributed by atoms with Gasteiger partial charge in [-0.05, 0) is 59.6 Å². The molecular formula is C25H24N4O2S. The second-order valence-electron chi connectivity index (χ2n) is 7.75. The normalized spacial score (nSPS) is 10.9. The topological polar surface area (TPSA) is 71.0 Å². The number of aryl methyl sites for hydroxylation is 1. The van der Waals surface area contributed by atoms with Gasteiger partial charge in [-0.25, -0.2) is 0 Å². The Kier molecular flexibility index (Phi) is 6.28. The van der Waals surface area contributed by atoms with E-state index in [1.165, 1.54) is 10.1 Å². The molecule has 2 heterocycles. The van der Waals surface area contributed by atoms with Gasteiger partial charge in [0.05, 0.1) is 10.9 Å². The number of benzene rings is 2. The van der Waals surface area contributed by atoms with E-state index < -0.39 is 0 Å². The number of aromatic amines is 1. The predicted octanol–water partition coefficient (Wildman–Crippen LogP) is 4.40. The summed E-state index contributed by atoms with van der Waals surface area (Å²) in [6.45, 7) is 3.00. The van der Waals surface area contributed by atoms with E-state index in [0.29, 0.717) is 34.3 Å². The number of hydrogen-bond donors (Lipinski definition) is 1. The molecule has 0 aliphatic rings. The van der Waals surface area contributed by atoms with E-state index in [1.807, 2.05) is 12.1 Å².